The number of aromatic nitrogens is 2. The molecule has 0 amide bonds. The van der Waals surface area contributed by atoms with Crippen LogP contribution < -0.4 is 4.72 Å². The highest BCUT2D eigenvalue weighted by Crippen LogP contribution is 2.26. The zero-order valence-electron chi connectivity index (χ0n) is 10.1. The van der Waals surface area contributed by atoms with Gasteiger partial charge in [0.25, 0.3) is 10.0 Å². The van der Waals surface area contributed by atoms with E-state index in [2.05, 4.69) is 25.8 Å². The van der Waals surface area contributed by atoms with Gasteiger partial charge in [0.1, 0.15) is 4.90 Å². The number of halogens is 2. The van der Waals surface area contributed by atoms with Crippen LogP contribution in [0.25, 0.3) is 0 Å². The van der Waals surface area contributed by atoms with Crippen LogP contribution in [0.15, 0.2) is 40.0 Å². The van der Waals surface area contributed by atoms with E-state index in [9.17, 15) is 8.42 Å². The molecule has 0 aliphatic carbocycles. The Balaban J connectivity index is 2.23. The first-order chi connectivity index (χ1) is 9.42. The molecule has 1 aromatic heterocycles. The summed E-state index contributed by atoms with van der Waals surface area (Å²) in [7, 11) is -3.72. The maximum atomic E-state index is 12.1. The largest absolute Gasteiger partial charge is 0.394 e. The number of hydrogen-bond acceptors (Lipinski definition) is 4. The molecule has 0 aliphatic rings. The van der Waals surface area contributed by atoms with E-state index in [0.29, 0.717) is 15.2 Å². The summed E-state index contributed by atoms with van der Waals surface area (Å²) in [6.07, 6.45) is 2.58. The maximum absolute atomic E-state index is 12.1. The number of aliphatic hydroxyl groups is 1. The highest BCUT2D eigenvalue weighted by atomic mass is 79.9. The van der Waals surface area contributed by atoms with Crippen LogP contribution in [0.1, 0.15) is 0 Å². The number of nitrogens with one attached hydrogen (secondary N) is 1. The zero-order valence-corrected chi connectivity index (χ0v) is 13.3. The van der Waals surface area contributed by atoms with Gasteiger partial charge in [-0.1, -0.05) is 11.6 Å². The second kappa shape index (κ2) is 6.13. The predicted octanol–water partition coefficient (Wildman–Crippen LogP) is 2.09. The van der Waals surface area contributed by atoms with Gasteiger partial charge in [-0.2, -0.15) is 5.10 Å². The molecule has 0 saturated carbocycles. The summed E-state index contributed by atoms with van der Waals surface area (Å²) in [6.45, 7) is 0.126. The van der Waals surface area contributed by atoms with Crippen LogP contribution in [0.3, 0.4) is 0 Å². The average molecular weight is 381 g/mol. The third kappa shape index (κ3) is 3.51. The Morgan fingerprint density at radius 2 is 2.20 bits per heavy atom. The van der Waals surface area contributed by atoms with Crippen LogP contribution in [-0.2, 0) is 16.6 Å². The van der Waals surface area contributed by atoms with Crippen LogP contribution in [0, 0.1) is 0 Å². The first-order valence-corrected chi connectivity index (χ1v) is 8.19. The molecule has 2 aromatic rings. The van der Waals surface area contributed by atoms with Crippen molar-refractivity contribution in [2.24, 2.45) is 0 Å². The molecule has 0 bridgehead atoms. The van der Waals surface area contributed by atoms with Gasteiger partial charge < -0.3 is 5.11 Å². The van der Waals surface area contributed by atoms with Crippen molar-refractivity contribution in [3.05, 3.63) is 40.1 Å². The molecule has 0 spiro atoms. The van der Waals surface area contributed by atoms with E-state index >= 15 is 0 Å². The number of aliphatic hydroxyl groups excluding tert-OH is 1. The highest BCUT2D eigenvalue weighted by Gasteiger charge is 2.17. The van der Waals surface area contributed by atoms with Gasteiger partial charge in [-0.3, -0.25) is 9.40 Å². The van der Waals surface area contributed by atoms with Crippen molar-refractivity contribution in [1.82, 2.24) is 9.78 Å². The van der Waals surface area contributed by atoms with Gasteiger partial charge >= 0.3 is 0 Å². The molecule has 1 aromatic carbocycles. The number of rotatable bonds is 5. The summed E-state index contributed by atoms with van der Waals surface area (Å²) < 4.78 is 28.7. The van der Waals surface area contributed by atoms with Crippen molar-refractivity contribution in [2.45, 2.75) is 11.4 Å². The number of hydrogen-bond donors (Lipinski definition) is 2. The molecule has 9 heteroatoms. The lowest BCUT2D eigenvalue weighted by atomic mass is 10.3. The molecule has 0 unspecified atom stereocenters. The maximum Gasteiger partial charge on any atom is 0.265 e. The third-order valence-corrected chi connectivity index (χ3v) is 4.97. The Morgan fingerprint density at radius 1 is 1.45 bits per heavy atom. The number of benzene rings is 1. The fourth-order valence-electron chi connectivity index (χ4n) is 1.48. The first-order valence-electron chi connectivity index (χ1n) is 5.53. The van der Waals surface area contributed by atoms with E-state index in [1.54, 1.807) is 18.2 Å². The number of sulfonamides is 1. The minimum absolute atomic E-state index is 0.0250. The van der Waals surface area contributed by atoms with Gasteiger partial charge in [-0.15, -0.1) is 0 Å². The Bertz CT molecular complexity index is 717. The summed E-state index contributed by atoms with van der Waals surface area (Å²) in [6, 6.07) is 4.71. The highest BCUT2D eigenvalue weighted by molar-refractivity contribution is 9.10. The predicted molar refractivity (Wildman–Crippen MR) is 79.3 cm³/mol. The van der Waals surface area contributed by atoms with Gasteiger partial charge in [0.05, 0.1) is 30.1 Å². The molecule has 108 valence electrons. The van der Waals surface area contributed by atoms with Crippen LogP contribution in [0.5, 0.6) is 0 Å². The van der Waals surface area contributed by atoms with Crippen LogP contribution in [-0.4, -0.2) is 29.9 Å². The van der Waals surface area contributed by atoms with Gasteiger partial charge in [0.2, 0.25) is 0 Å². The molecule has 0 fully saturated rings. The Kier molecular flexibility index (Phi) is 4.69. The van der Waals surface area contributed by atoms with Gasteiger partial charge in [0.15, 0.2) is 0 Å². The zero-order chi connectivity index (χ0) is 14.8. The second-order valence-corrected chi connectivity index (χ2v) is 6.84. The Labute approximate surface area is 129 Å². The Hall–Kier alpha value is -1.09. The molecular formula is C11H11BrClN3O3S. The summed E-state index contributed by atoms with van der Waals surface area (Å²) in [5, 5.41) is 13.1. The second-order valence-electron chi connectivity index (χ2n) is 3.90. The molecule has 20 heavy (non-hydrogen) atoms. The summed E-state index contributed by atoms with van der Waals surface area (Å²) in [5.74, 6) is 0. The monoisotopic (exact) mass is 379 g/mol. The van der Waals surface area contributed by atoms with Crippen LogP contribution in [0.4, 0.5) is 5.69 Å². The van der Waals surface area contributed by atoms with Gasteiger partial charge in [-0.05, 0) is 34.1 Å². The summed E-state index contributed by atoms with van der Waals surface area (Å²) in [4.78, 5) is 0.0250. The van der Waals surface area contributed by atoms with E-state index in [4.69, 9.17) is 16.7 Å². The summed E-state index contributed by atoms with van der Waals surface area (Å²) in [5.41, 5.74) is 0.385. The summed E-state index contributed by atoms with van der Waals surface area (Å²) >= 11 is 9.07. The van der Waals surface area contributed by atoms with Crippen molar-refractivity contribution in [3.63, 3.8) is 0 Å². The Morgan fingerprint density at radius 3 is 2.85 bits per heavy atom. The fourth-order valence-corrected chi connectivity index (χ4v) is 2.98. The van der Waals surface area contributed by atoms with Crippen molar-refractivity contribution >= 4 is 43.2 Å². The van der Waals surface area contributed by atoms with Crippen LogP contribution in [0.2, 0.25) is 5.02 Å². The first kappa shape index (κ1) is 15.3. The van der Waals surface area contributed by atoms with E-state index in [0.717, 1.165) is 0 Å². The average Bonchev–Trinajstić information content (AvgIpc) is 2.83. The molecule has 0 atom stereocenters. The van der Waals surface area contributed by atoms with E-state index in [1.807, 2.05) is 0 Å². The quantitative estimate of drug-likeness (QED) is 0.832. The molecule has 0 radical (unpaired) electrons. The van der Waals surface area contributed by atoms with Gasteiger partial charge in [0, 0.05) is 10.7 Å². The molecule has 6 nitrogen and oxygen atoms in total. The number of nitrogens with zero attached hydrogens (tertiary/aromatic N) is 2. The lowest BCUT2D eigenvalue weighted by Gasteiger charge is -2.07. The smallest absolute Gasteiger partial charge is 0.265 e. The lowest BCUT2D eigenvalue weighted by molar-refractivity contribution is 0.269. The normalized spacial score (nSPS) is 11.6. The SMILES string of the molecule is O=S(=O)(Nc1ccc(Cl)c(Br)c1)c1cnn(CCO)c1. The van der Waals surface area contributed by atoms with Crippen molar-refractivity contribution in [1.29, 1.82) is 0 Å². The molecule has 0 saturated heterocycles. The van der Waals surface area contributed by atoms with E-state index in [-0.39, 0.29) is 18.0 Å². The lowest BCUT2D eigenvalue weighted by Crippen LogP contribution is -2.12. The van der Waals surface area contributed by atoms with Crippen molar-refractivity contribution < 1.29 is 13.5 Å². The topological polar surface area (TPSA) is 84.2 Å². The molecule has 1 heterocycles. The number of anilines is 1. The van der Waals surface area contributed by atoms with Crippen molar-refractivity contribution in [3.8, 4) is 0 Å². The van der Waals surface area contributed by atoms with Crippen molar-refractivity contribution in [2.75, 3.05) is 11.3 Å². The minimum Gasteiger partial charge on any atom is -0.394 e. The van der Waals surface area contributed by atoms with E-state index in [1.165, 1.54) is 17.1 Å². The molecule has 0 aliphatic heterocycles. The van der Waals surface area contributed by atoms with Crippen LogP contribution >= 0.6 is 27.5 Å². The standard InChI is InChI=1S/C11H11BrClN3O3S/c12-10-5-8(1-2-11(10)13)15-20(18,19)9-6-14-16(7-9)3-4-17/h1-2,5-7,15,17H,3-4H2. The van der Waals surface area contributed by atoms with Gasteiger partial charge in [-0.25, -0.2) is 8.42 Å². The minimum atomic E-state index is -3.72. The third-order valence-electron chi connectivity index (χ3n) is 2.42. The molecular weight excluding hydrogens is 370 g/mol. The molecule has 2 N–H and O–H groups in total. The fraction of sp³-hybridized carbons (Fsp3) is 0.182. The van der Waals surface area contributed by atoms with E-state index < -0.39 is 10.0 Å². The molecule has 2 rings (SSSR count).